The summed E-state index contributed by atoms with van der Waals surface area (Å²) in [5, 5.41) is 3.86. The molecule has 0 aliphatic carbocycles. The molecule has 0 aliphatic heterocycles. The number of aryl methyl sites for hydroxylation is 1. The van der Waals surface area contributed by atoms with E-state index in [-0.39, 0.29) is 0 Å². The van der Waals surface area contributed by atoms with E-state index in [1.54, 1.807) is 6.20 Å². The van der Waals surface area contributed by atoms with Crippen LogP contribution in [0.1, 0.15) is 5.56 Å². The summed E-state index contributed by atoms with van der Waals surface area (Å²) in [4.78, 5) is 4.23. The molecule has 2 nitrogen and oxygen atoms in total. The maximum Gasteiger partial charge on any atom is 0.144 e. The van der Waals surface area contributed by atoms with E-state index in [2.05, 4.69) is 42.2 Å². The SMILES string of the molecule is Cc1cc(Br)ccc1Nc1ncc(Cl)cc1Br. The predicted molar refractivity (Wildman–Crippen MR) is 79.1 cm³/mol. The molecule has 0 radical (unpaired) electrons. The molecule has 17 heavy (non-hydrogen) atoms. The quantitative estimate of drug-likeness (QED) is 0.768. The highest BCUT2D eigenvalue weighted by Gasteiger charge is 2.05. The third-order valence-electron chi connectivity index (χ3n) is 2.25. The molecule has 2 aromatic rings. The number of nitrogens with one attached hydrogen (secondary N) is 1. The molecule has 0 saturated heterocycles. The summed E-state index contributed by atoms with van der Waals surface area (Å²) in [6, 6.07) is 7.85. The van der Waals surface area contributed by atoms with Gasteiger partial charge in [-0.1, -0.05) is 27.5 Å². The molecular weight excluding hydrogens is 367 g/mol. The Labute approximate surface area is 122 Å². The third-order valence-corrected chi connectivity index (χ3v) is 3.55. The lowest BCUT2D eigenvalue weighted by molar-refractivity contribution is 1.28. The van der Waals surface area contributed by atoms with Gasteiger partial charge in [0.05, 0.1) is 9.50 Å². The first kappa shape index (κ1) is 12.9. The van der Waals surface area contributed by atoms with Gasteiger partial charge in [0.2, 0.25) is 0 Å². The van der Waals surface area contributed by atoms with Gasteiger partial charge in [-0.25, -0.2) is 4.98 Å². The number of hydrogen-bond donors (Lipinski definition) is 1. The summed E-state index contributed by atoms with van der Waals surface area (Å²) >= 11 is 12.7. The molecule has 1 aromatic heterocycles. The lowest BCUT2D eigenvalue weighted by Gasteiger charge is -2.10. The molecule has 0 unspecified atom stereocenters. The summed E-state index contributed by atoms with van der Waals surface area (Å²) in [6.07, 6.45) is 1.61. The summed E-state index contributed by atoms with van der Waals surface area (Å²) in [5.74, 6) is 0.750. The summed E-state index contributed by atoms with van der Waals surface area (Å²) in [5.41, 5.74) is 2.16. The van der Waals surface area contributed by atoms with Crippen LogP contribution in [-0.2, 0) is 0 Å². The van der Waals surface area contributed by atoms with E-state index in [1.165, 1.54) is 0 Å². The fourth-order valence-electron chi connectivity index (χ4n) is 1.40. The number of halogens is 3. The van der Waals surface area contributed by atoms with Crippen LogP contribution in [0.2, 0.25) is 5.02 Å². The van der Waals surface area contributed by atoms with Gasteiger partial charge in [-0.15, -0.1) is 0 Å². The molecule has 0 saturated carbocycles. The first-order chi connectivity index (χ1) is 8.06. The maximum absolute atomic E-state index is 5.85. The molecule has 1 N–H and O–H groups in total. The van der Waals surface area contributed by atoms with Crippen molar-refractivity contribution < 1.29 is 0 Å². The zero-order chi connectivity index (χ0) is 12.4. The average molecular weight is 376 g/mol. The Balaban J connectivity index is 2.31. The first-order valence-electron chi connectivity index (χ1n) is 4.90. The number of hydrogen-bond acceptors (Lipinski definition) is 2. The number of benzene rings is 1. The van der Waals surface area contributed by atoms with Gasteiger partial charge in [-0.05, 0) is 52.7 Å². The molecule has 0 fully saturated rings. The monoisotopic (exact) mass is 374 g/mol. The van der Waals surface area contributed by atoms with E-state index in [0.717, 1.165) is 26.0 Å². The lowest BCUT2D eigenvalue weighted by atomic mass is 10.2. The minimum absolute atomic E-state index is 0.606. The fourth-order valence-corrected chi connectivity index (χ4v) is 2.61. The molecule has 2 rings (SSSR count). The Hall–Kier alpha value is -0.580. The van der Waals surface area contributed by atoms with Crippen molar-refractivity contribution in [2.45, 2.75) is 6.92 Å². The minimum Gasteiger partial charge on any atom is -0.339 e. The summed E-state index contributed by atoms with van der Waals surface area (Å²) < 4.78 is 1.90. The standard InChI is InChI=1S/C12H9Br2ClN2/c1-7-4-8(13)2-3-11(7)17-12-10(14)5-9(15)6-16-12/h2-6H,1H3,(H,16,17). The highest BCUT2D eigenvalue weighted by atomic mass is 79.9. The van der Waals surface area contributed by atoms with Crippen molar-refractivity contribution >= 4 is 55.0 Å². The van der Waals surface area contributed by atoms with Crippen LogP contribution in [0.25, 0.3) is 0 Å². The number of anilines is 2. The van der Waals surface area contributed by atoms with Crippen LogP contribution in [0.15, 0.2) is 39.4 Å². The van der Waals surface area contributed by atoms with Gasteiger partial charge in [0.15, 0.2) is 0 Å². The van der Waals surface area contributed by atoms with Gasteiger partial charge in [-0.2, -0.15) is 0 Å². The number of aromatic nitrogens is 1. The molecule has 88 valence electrons. The molecule has 5 heteroatoms. The predicted octanol–water partition coefficient (Wildman–Crippen LogP) is 5.31. The Bertz CT molecular complexity index is 509. The highest BCUT2D eigenvalue weighted by molar-refractivity contribution is 9.10. The Morgan fingerprint density at radius 1 is 1.24 bits per heavy atom. The minimum atomic E-state index is 0.606. The van der Waals surface area contributed by atoms with E-state index in [9.17, 15) is 0 Å². The second-order valence-corrected chi connectivity index (χ2v) is 5.77. The van der Waals surface area contributed by atoms with Gasteiger partial charge in [0.25, 0.3) is 0 Å². The van der Waals surface area contributed by atoms with E-state index in [1.807, 2.05) is 31.2 Å². The van der Waals surface area contributed by atoms with Crippen LogP contribution in [0.3, 0.4) is 0 Å². The van der Waals surface area contributed by atoms with Crippen LogP contribution in [0.4, 0.5) is 11.5 Å². The van der Waals surface area contributed by atoms with Gasteiger partial charge < -0.3 is 5.32 Å². The van der Waals surface area contributed by atoms with Gasteiger partial charge >= 0.3 is 0 Å². The molecule has 0 spiro atoms. The van der Waals surface area contributed by atoms with Crippen molar-refractivity contribution in [1.29, 1.82) is 0 Å². The van der Waals surface area contributed by atoms with Gasteiger partial charge in [-0.3, -0.25) is 0 Å². The number of rotatable bonds is 2. The molecular formula is C12H9Br2ClN2. The smallest absolute Gasteiger partial charge is 0.144 e. The van der Waals surface area contributed by atoms with Crippen molar-refractivity contribution in [3.05, 3.63) is 50.0 Å². The normalized spacial score (nSPS) is 10.4. The molecule has 0 amide bonds. The van der Waals surface area contributed by atoms with Gasteiger partial charge in [0, 0.05) is 16.4 Å². The lowest BCUT2D eigenvalue weighted by Crippen LogP contribution is -1.96. The third kappa shape index (κ3) is 3.21. The van der Waals surface area contributed by atoms with Crippen molar-refractivity contribution in [2.24, 2.45) is 0 Å². The Kier molecular flexibility index (Phi) is 4.07. The molecule has 1 aromatic carbocycles. The topological polar surface area (TPSA) is 24.9 Å². The molecule has 1 heterocycles. The van der Waals surface area contributed by atoms with Gasteiger partial charge in [0.1, 0.15) is 5.82 Å². The van der Waals surface area contributed by atoms with E-state index >= 15 is 0 Å². The summed E-state index contributed by atoms with van der Waals surface area (Å²) in [6.45, 7) is 2.04. The largest absolute Gasteiger partial charge is 0.339 e. The number of nitrogens with zero attached hydrogens (tertiary/aromatic N) is 1. The van der Waals surface area contributed by atoms with Crippen molar-refractivity contribution in [1.82, 2.24) is 4.98 Å². The molecule has 0 atom stereocenters. The van der Waals surface area contributed by atoms with E-state index < -0.39 is 0 Å². The second-order valence-electron chi connectivity index (χ2n) is 3.57. The Morgan fingerprint density at radius 3 is 2.65 bits per heavy atom. The van der Waals surface area contributed by atoms with Crippen LogP contribution in [0, 0.1) is 6.92 Å². The Morgan fingerprint density at radius 2 is 2.00 bits per heavy atom. The van der Waals surface area contributed by atoms with Crippen LogP contribution >= 0.6 is 43.5 Å². The first-order valence-corrected chi connectivity index (χ1v) is 6.87. The van der Waals surface area contributed by atoms with Crippen molar-refractivity contribution in [3.63, 3.8) is 0 Å². The average Bonchev–Trinajstić information content (AvgIpc) is 2.25. The number of pyridine rings is 1. The summed E-state index contributed by atoms with van der Waals surface area (Å²) in [7, 11) is 0. The fraction of sp³-hybridized carbons (Fsp3) is 0.0833. The van der Waals surface area contributed by atoms with Crippen molar-refractivity contribution in [2.75, 3.05) is 5.32 Å². The molecule has 0 bridgehead atoms. The van der Waals surface area contributed by atoms with Crippen LogP contribution < -0.4 is 5.32 Å². The zero-order valence-corrected chi connectivity index (χ0v) is 12.9. The second kappa shape index (κ2) is 5.38. The van der Waals surface area contributed by atoms with Crippen molar-refractivity contribution in [3.8, 4) is 0 Å². The van der Waals surface area contributed by atoms with E-state index in [0.29, 0.717) is 5.02 Å². The highest BCUT2D eigenvalue weighted by Crippen LogP contribution is 2.28. The van der Waals surface area contributed by atoms with Crippen LogP contribution in [0.5, 0.6) is 0 Å². The van der Waals surface area contributed by atoms with Crippen LogP contribution in [-0.4, -0.2) is 4.98 Å². The maximum atomic E-state index is 5.85. The zero-order valence-electron chi connectivity index (χ0n) is 8.97. The van der Waals surface area contributed by atoms with E-state index in [4.69, 9.17) is 11.6 Å². The molecule has 0 aliphatic rings.